The lowest BCUT2D eigenvalue weighted by Crippen LogP contribution is -2.18. The van der Waals surface area contributed by atoms with Gasteiger partial charge in [0.05, 0.1) is 5.60 Å². The van der Waals surface area contributed by atoms with E-state index >= 15 is 0 Å². The number of benzene rings is 1. The van der Waals surface area contributed by atoms with Crippen molar-refractivity contribution in [2.45, 2.75) is 30.2 Å². The Kier molecular flexibility index (Phi) is 4.79. The molecule has 0 fully saturated rings. The van der Waals surface area contributed by atoms with Crippen LogP contribution in [0.4, 0.5) is 10.8 Å². The Morgan fingerprint density at radius 1 is 1.26 bits per heavy atom. The average Bonchev–Trinajstić information content (AvgIpc) is 2.76. The minimum absolute atomic E-state index is 0.622. The Bertz CT molecular complexity index is 508. The van der Waals surface area contributed by atoms with Gasteiger partial charge < -0.3 is 10.4 Å². The van der Waals surface area contributed by atoms with E-state index in [9.17, 15) is 5.11 Å². The molecule has 2 aromatic rings. The first-order chi connectivity index (χ1) is 9.03. The number of hydrogen-bond acceptors (Lipinski definition) is 6. The number of aliphatic hydroxyl groups is 1. The highest BCUT2D eigenvalue weighted by Gasteiger charge is 2.13. The second-order valence-electron chi connectivity index (χ2n) is 4.78. The topological polar surface area (TPSA) is 58.0 Å². The van der Waals surface area contributed by atoms with E-state index in [0.717, 1.165) is 27.3 Å². The molecule has 0 saturated heterocycles. The highest BCUT2D eigenvalue weighted by atomic mass is 32.2. The third kappa shape index (κ3) is 5.18. The fourth-order valence-electron chi connectivity index (χ4n) is 1.35. The zero-order valence-electron chi connectivity index (χ0n) is 11.0. The molecule has 0 unspecified atom stereocenters. The van der Waals surface area contributed by atoms with Crippen LogP contribution in [-0.2, 0) is 0 Å². The minimum atomic E-state index is -0.622. The van der Waals surface area contributed by atoms with Gasteiger partial charge in [-0.3, -0.25) is 0 Å². The van der Waals surface area contributed by atoms with Crippen LogP contribution in [0.15, 0.2) is 34.7 Å². The maximum Gasteiger partial charge on any atom is 0.210 e. The second-order valence-corrected chi connectivity index (χ2v) is 7.09. The second kappa shape index (κ2) is 6.36. The van der Waals surface area contributed by atoms with Gasteiger partial charge in [-0.15, -0.1) is 10.2 Å². The zero-order valence-corrected chi connectivity index (χ0v) is 12.6. The Balaban J connectivity index is 1.86. The number of hydrogen-bond donors (Lipinski definition) is 2. The van der Waals surface area contributed by atoms with E-state index in [-0.39, 0.29) is 0 Å². The lowest BCUT2D eigenvalue weighted by molar-refractivity contribution is 0.0777. The van der Waals surface area contributed by atoms with Crippen LogP contribution in [0, 0.1) is 0 Å². The predicted molar refractivity (Wildman–Crippen MR) is 81.3 cm³/mol. The van der Waals surface area contributed by atoms with Crippen molar-refractivity contribution in [1.29, 1.82) is 0 Å². The molecule has 0 spiro atoms. The Hall–Kier alpha value is -1.11. The molecular formula is C13H17N3OS2. The SMILES string of the molecule is CC(C)(O)CCSc1nnc(Nc2ccccc2)s1. The summed E-state index contributed by atoms with van der Waals surface area (Å²) >= 11 is 3.15. The van der Waals surface area contributed by atoms with Crippen LogP contribution < -0.4 is 5.32 Å². The van der Waals surface area contributed by atoms with Crippen molar-refractivity contribution in [3.63, 3.8) is 0 Å². The van der Waals surface area contributed by atoms with Crippen molar-refractivity contribution < 1.29 is 5.11 Å². The average molecular weight is 295 g/mol. The van der Waals surface area contributed by atoms with E-state index < -0.39 is 5.60 Å². The molecule has 1 aromatic carbocycles. The molecule has 2 N–H and O–H groups in total. The lowest BCUT2D eigenvalue weighted by atomic mass is 10.1. The van der Waals surface area contributed by atoms with E-state index in [0.29, 0.717) is 0 Å². The first-order valence-corrected chi connectivity index (χ1v) is 7.84. The number of para-hydroxylation sites is 1. The molecule has 1 aromatic heterocycles. The fraction of sp³-hybridized carbons (Fsp3) is 0.385. The summed E-state index contributed by atoms with van der Waals surface area (Å²) in [5.74, 6) is 0.837. The smallest absolute Gasteiger partial charge is 0.210 e. The number of rotatable bonds is 6. The number of nitrogens with zero attached hydrogens (tertiary/aromatic N) is 2. The molecule has 0 atom stereocenters. The summed E-state index contributed by atoms with van der Waals surface area (Å²) in [6.07, 6.45) is 0.735. The fourth-order valence-corrected chi connectivity index (χ4v) is 3.45. The van der Waals surface area contributed by atoms with Gasteiger partial charge in [0.25, 0.3) is 0 Å². The number of nitrogens with one attached hydrogen (secondary N) is 1. The van der Waals surface area contributed by atoms with Gasteiger partial charge in [-0.25, -0.2) is 0 Å². The molecule has 1 heterocycles. The van der Waals surface area contributed by atoms with Crippen LogP contribution in [0.1, 0.15) is 20.3 Å². The summed E-state index contributed by atoms with van der Waals surface area (Å²) in [4.78, 5) is 0. The van der Waals surface area contributed by atoms with Crippen LogP contribution in [0.3, 0.4) is 0 Å². The zero-order chi connectivity index (χ0) is 13.7. The molecule has 0 aliphatic rings. The highest BCUT2D eigenvalue weighted by molar-refractivity contribution is 8.01. The van der Waals surface area contributed by atoms with Gasteiger partial charge in [0.15, 0.2) is 4.34 Å². The normalized spacial score (nSPS) is 11.5. The molecule has 4 nitrogen and oxygen atoms in total. The van der Waals surface area contributed by atoms with E-state index in [1.165, 1.54) is 11.3 Å². The van der Waals surface area contributed by atoms with Gasteiger partial charge in [0.2, 0.25) is 5.13 Å². The Morgan fingerprint density at radius 3 is 2.68 bits per heavy atom. The van der Waals surface area contributed by atoms with E-state index in [1.54, 1.807) is 11.8 Å². The first-order valence-electron chi connectivity index (χ1n) is 6.04. The van der Waals surface area contributed by atoms with Gasteiger partial charge in [-0.1, -0.05) is 41.3 Å². The van der Waals surface area contributed by atoms with Gasteiger partial charge in [-0.05, 0) is 32.4 Å². The van der Waals surface area contributed by atoms with Gasteiger partial charge in [0.1, 0.15) is 0 Å². The molecule has 19 heavy (non-hydrogen) atoms. The van der Waals surface area contributed by atoms with Gasteiger partial charge in [-0.2, -0.15) is 0 Å². The van der Waals surface area contributed by atoms with Crippen LogP contribution >= 0.6 is 23.1 Å². The maximum atomic E-state index is 9.64. The van der Waals surface area contributed by atoms with Crippen molar-refractivity contribution in [1.82, 2.24) is 10.2 Å². The summed E-state index contributed by atoms with van der Waals surface area (Å²) in [5, 5.41) is 21.9. The van der Waals surface area contributed by atoms with Crippen molar-refractivity contribution in [3.8, 4) is 0 Å². The van der Waals surface area contributed by atoms with Crippen molar-refractivity contribution >= 4 is 33.9 Å². The maximum absolute atomic E-state index is 9.64. The molecule has 0 saturated carbocycles. The van der Waals surface area contributed by atoms with Crippen LogP contribution in [-0.4, -0.2) is 26.7 Å². The molecule has 6 heteroatoms. The third-order valence-corrected chi connectivity index (χ3v) is 4.34. The standard InChI is InChI=1S/C13H17N3OS2/c1-13(2,17)8-9-18-12-16-15-11(19-12)14-10-6-4-3-5-7-10/h3-7,17H,8-9H2,1-2H3,(H,14,15). The Labute approximate surface area is 121 Å². The molecule has 0 aliphatic carbocycles. The van der Waals surface area contributed by atoms with Crippen molar-refractivity contribution in [3.05, 3.63) is 30.3 Å². The summed E-state index contributed by atoms with van der Waals surface area (Å²) < 4.78 is 0.919. The van der Waals surface area contributed by atoms with E-state index in [2.05, 4.69) is 15.5 Å². The van der Waals surface area contributed by atoms with Crippen LogP contribution in [0.5, 0.6) is 0 Å². The van der Waals surface area contributed by atoms with Gasteiger partial charge in [0, 0.05) is 11.4 Å². The van der Waals surface area contributed by atoms with E-state index in [1.807, 2.05) is 44.2 Å². The summed E-state index contributed by atoms with van der Waals surface area (Å²) in [7, 11) is 0. The summed E-state index contributed by atoms with van der Waals surface area (Å²) in [5.41, 5.74) is 0.384. The molecule has 102 valence electrons. The van der Waals surface area contributed by atoms with Gasteiger partial charge >= 0.3 is 0 Å². The molecule has 0 aliphatic heterocycles. The molecule has 0 amide bonds. The molecule has 0 bridgehead atoms. The Morgan fingerprint density at radius 2 is 2.00 bits per heavy atom. The molecule has 2 rings (SSSR count). The predicted octanol–water partition coefficient (Wildman–Crippen LogP) is 3.53. The number of aromatic nitrogens is 2. The minimum Gasteiger partial charge on any atom is -0.390 e. The highest BCUT2D eigenvalue weighted by Crippen LogP contribution is 2.28. The van der Waals surface area contributed by atoms with Crippen molar-refractivity contribution in [2.24, 2.45) is 0 Å². The number of anilines is 2. The van der Waals surface area contributed by atoms with Crippen LogP contribution in [0.2, 0.25) is 0 Å². The molecule has 0 radical (unpaired) electrons. The lowest BCUT2D eigenvalue weighted by Gasteiger charge is -2.15. The summed E-state index contributed by atoms with van der Waals surface area (Å²) in [6.45, 7) is 3.63. The third-order valence-electron chi connectivity index (χ3n) is 2.37. The number of thioether (sulfide) groups is 1. The largest absolute Gasteiger partial charge is 0.390 e. The monoisotopic (exact) mass is 295 g/mol. The van der Waals surface area contributed by atoms with E-state index in [4.69, 9.17) is 0 Å². The van der Waals surface area contributed by atoms with Crippen molar-refractivity contribution in [2.75, 3.05) is 11.1 Å². The van der Waals surface area contributed by atoms with Crippen LogP contribution in [0.25, 0.3) is 0 Å². The molecular weight excluding hydrogens is 278 g/mol. The first kappa shape index (κ1) is 14.3. The summed E-state index contributed by atoms with van der Waals surface area (Å²) in [6, 6.07) is 9.90. The quantitative estimate of drug-likeness (QED) is 0.798.